The van der Waals surface area contributed by atoms with Gasteiger partial charge in [0.1, 0.15) is 5.82 Å². The molecule has 8 heteroatoms. The molecule has 0 fully saturated rings. The number of amides is 1. The molecule has 6 nitrogen and oxygen atoms in total. The number of halogens is 1. The summed E-state index contributed by atoms with van der Waals surface area (Å²) in [6, 6.07) is 5.04. The number of hydrogen-bond acceptors (Lipinski definition) is 5. The molecule has 1 amide bonds. The van der Waals surface area contributed by atoms with E-state index in [2.05, 4.69) is 10.2 Å². The molecule has 0 spiro atoms. The third kappa shape index (κ3) is 3.75. The van der Waals surface area contributed by atoms with Crippen molar-refractivity contribution in [3.63, 3.8) is 0 Å². The van der Waals surface area contributed by atoms with Crippen molar-refractivity contribution in [1.82, 2.24) is 14.8 Å². The topological polar surface area (TPSA) is 99.8 Å². The first-order valence-corrected chi connectivity index (χ1v) is 7.70. The smallest absolute Gasteiger partial charge is 0.248 e. The van der Waals surface area contributed by atoms with Crippen LogP contribution in [0.5, 0.6) is 0 Å². The Morgan fingerprint density at radius 1 is 1.43 bits per heavy atom. The molecule has 1 aromatic heterocycles. The Morgan fingerprint density at radius 3 is 2.81 bits per heavy atom. The standard InChI is InChI=1S/C13H16ClN5OS/c1-8-17-18-13(19(8)5-4-15)21-7-10-3-2-9(12(16)20)6-11(10)14/h2-3,6H,4-5,7,15H2,1H3,(H2,16,20). The summed E-state index contributed by atoms with van der Waals surface area (Å²) in [4.78, 5) is 11.1. The number of thioether (sulfide) groups is 1. The minimum Gasteiger partial charge on any atom is -0.366 e. The first kappa shape index (κ1) is 15.8. The summed E-state index contributed by atoms with van der Waals surface area (Å²) in [5, 5.41) is 9.49. The number of aromatic nitrogens is 3. The highest BCUT2D eigenvalue weighted by Crippen LogP contribution is 2.26. The van der Waals surface area contributed by atoms with Gasteiger partial charge in [0, 0.05) is 29.4 Å². The Labute approximate surface area is 131 Å². The van der Waals surface area contributed by atoms with Gasteiger partial charge in [0.2, 0.25) is 5.91 Å². The van der Waals surface area contributed by atoms with Crippen molar-refractivity contribution in [2.24, 2.45) is 11.5 Å². The van der Waals surface area contributed by atoms with Crippen molar-refractivity contribution in [3.8, 4) is 0 Å². The molecular weight excluding hydrogens is 310 g/mol. The first-order valence-electron chi connectivity index (χ1n) is 6.34. The van der Waals surface area contributed by atoms with Gasteiger partial charge in [-0.3, -0.25) is 4.79 Å². The lowest BCUT2D eigenvalue weighted by Crippen LogP contribution is -2.12. The van der Waals surface area contributed by atoms with E-state index in [1.165, 1.54) is 11.8 Å². The van der Waals surface area contributed by atoms with Gasteiger partial charge in [-0.05, 0) is 24.6 Å². The molecule has 4 N–H and O–H groups in total. The van der Waals surface area contributed by atoms with Crippen LogP contribution in [-0.2, 0) is 12.3 Å². The molecule has 0 saturated heterocycles. The third-order valence-corrected chi connectivity index (χ3v) is 4.32. The van der Waals surface area contributed by atoms with E-state index in [-0.39, 0.29) is 0 Å². The van der Waals surface area contributed by atoms with E-state index >= 15 is 0 Å². The van der Waals surface area contributed by atoms with E-state index in [9.17, 15) is 4.79 Å². The van der Waals surface area contributed by atoms with E-state index in [4.69, 9.17) is 23.1 Å². The highest BCUT2D eigenvalue weighted by Gasteiger charge is 2.11. The third-order valence-electron chi connectivity index (χ3n) is 2.95. The van der Waals surface area contributed by atoms with Gasteiger partial charge in [-0.1, -0.05) is 29.4 Å². The fraction of sp³-hybridized carbons (Fsp3) is 0.308. The molecule has 0 saturated carbocycles. The molecule has 0 radical (unpaired) electrons. The summed E-state index contributed by atoms with van der Waals surface area (Å²) < 4.78 is 1.97. The first-order chi connectivity index (χ1) is 10.0. The molecule has 0 aliphatic heterocycles. The Balaban J connectivity index is 2.11. The average Bonchev–Trinajstić information content (AvgIpc) is 2.79. The fourth-order valence-electron chi connectivity index (χ4n) is 1.81. The number of carbonyl (C=O) groups is 1. The van der Waals surface area contributed by atoms with Crippen molar-refractivity contribution in [2.75, 3.05) is 6.54 Å². The quantitative estimate of drug-likeness (QED) is 0.786. The summed E-state index contributed by atoms with van der Waals surface area (Å²) in [5.74, 6) is 0.966. The van der Waals surface area contributed by atoms with Gasteiger partial charge in [0.15, 0.2) is 5.16 Å². The Hall–Kier alpha value is -1.57. The molecule has 112 valence electrons. The molecule has 0 unspecified atom stereocenters. The highest BCUT2D eigenvalue weighted by molar-refractivity contribution is 7.98. The molecule has 2 rings (SSSR count). The predicted molar refractivity (Wildman–Crippen MR) is 83.3 cm³/mol. The van der Waals surface area contributed by atoms with Crippen LogP contribution in [0.1, 0.15) is 21.7 Å². The maximum Gasteiger partial charge on any atom is 0.248 e. The van der Waals surface area contributed by atoms with Gasteiger partial charge in [-0.15, -0.1) is 10.2 Å². The SMILES string of the molecule is Cc1nnc(SCc2ccc(C(N)=O)cc2Cl)n1CCN. The summed E-state index contributed by atoms with van der Waals surface area (Å²) >= 11 is 7.68. The van der Waals surface area contributed by atoms with Crippen molar-refractivity contribution in [3.05, 3.63) is 40.2 Å². The molecule has 0 atom stereocenters. The van der Waals surface area contributed by atoms with Crippen LogP contribution in [0, 0.1) is 6.92 Å². The minimum atomic E-state index is -0.491. The van der Waals surface area contributed by atoms with E-state index in [1.807, 2.05) is 11.5 Å². The van der Waals surface area contributed by atoms with Crippen molar-refractivity contribution in [2.45, 2.75) is 24.4 Å². The van der Waals surface area contributed by atoms with Crippen LogP contribution in [-0.4, -0.2) is 27.2 Å². The largest absolute Gasteiger partial charge is 0.366 e. The maximum atomic E-state index is 11.1. The second kappa shape index (κ2) is 6.93. The van der Waals surface area contributed by atoms with Gasteiger partial charge in [0.05, 0.1) is 0 Å². The van der Waals surface area contributed by atoms with Gasteiger partial charge >= 0.3 is 0 Å². The zero-order valence-corrected chi connectivity index (χ0v) is 13.1. The van der Waals surface area contributed by atoms with E-state index < -0.39 is 5.91 Å². The van der Waals surface area contributed by atoms with E-state index in [1.54, 1.807) is 18.2 Å². The molecule has 21 heavy (non-hydrogen) atoms. The summed E-state index contributed by atoms with van der Waals surface area (Å²) in [6.07, 6.45) is 0. The second-order valence-electron chi connectivity index (χ2n) is 4.43. The lowest BCUT2D eigenvalue weighted by atomic mass is 10.1. The number of hydrogen-bond donors (Lipinski definition) is 2. The minimum absolute atomic E-state index is 0.399. The van der Waals surface area contributed by atoms with Crippen LogP contribution in [0.2, 0.25) is 5.02 Å². The van der Waals surface area contributed by atoms with Crippen LogP contribution in [0.3, 0.4) is 0 Å². The number of carbonyl (C=O) groups excluding carboxylic acids is 1. The predicted octanol–water partition coefficient (Wildman–Crippen LogP) is 1.59. The number of nitrogens with two attached hydrogens (primary N) is 2. The summed E-state index contributed by atoms with van der Waals surface area (Å²) in [5.41, 5.74) is 12.1. The fourth-order valence-corrected chi connectivity index (χ4v) is 3.16. The molecule has 0 aliphatic carbocycles. The lowest BCUT2D eigenvalue weighted by molar-refractivity contribution is 0.100. The maximum absolute atomic E-state index is 11.1. The van der Waals surface area contributed by atoms with Crippen LogP contribution in [0.25, 0.3) is 0 Å². The van der Waals surface area contributed by atoms with Gasteiger partial charge in [0.25, 0.3) is 0 Å². The molecule has 1 heterocycles. The van der Waals surface area contributed by atoms with E-state index in [0.29, 0.717) is 29.4 Å². The van der Waals surface area contributed by atoms with E-state index in [0.717, 1.165) is 16.5 Å². The molecule has 0 aliphatic rings. The Kier molecular flexibility index (Phi) is 5.22. The average molecular weight is 326 g/mol. The normalized spacial score (nSPS) is 10.8. The summed E-state index contributed by atoms with van der Waals surface area (Å²) in [6.45, 7) is 3.09. The molecule has 0 bridgehead atoms. The second-order valence-corrected chi connectivity index (χ2v) is 5.78. The summed E-state index contributed by atoms with van der Waals surface area (Å²) in [7, 11) is 0. The van der Waals surface area contributed by atoms with Crippen LogP contribution >= 0.6 is 23.4 Å². The monoisotopic (exact) mass is 325 g/mol. The number of primary amides is 1. The Morgan fingerprint density at radius 2 is 2.19 bits per heavy atom. The lowest BCUT2D eigenvalue weighted by Gasteiger charge is -2.08. The van der Waals surface area contributed by atoms with Crippen LogP contribution in [0.15, 0.2) is 23.4 Å². The molecule has 1 aromatic carbocycles. The van der Waals surface area contributed by atoms with Crippen molar-refractivity contribution in [1.29, 1.82) is 0 Å². The van der Waals surface area contributed by atoms with Gasteiger partial charge in [-0.25, -0.2) is 0 Å². The van der Waals surface area contributed by atoms with Crippen molar-refractivity contribution >= 4 is 29.3 Å². The van der Waals surface area contributed by atoms with Gasteiger partial charge in [-0.2, -0.15) is 0 Å². The van der Waals surface area contributed by atoms with Crippen molar-refractivity contribution < 1.29 is 4.79 Å². The van der Waals surface area contributed by atoms with Crippen LogP contribution in [0.4, 0.5) is 0 Å². The number of nitrogens with zero attached hydrogens (tertiary/aromatic N) is 3. The van der Waals surface area contributed by atoms with Gasteiger partial charge < -0.3 is 16.0 Å². The zero-order chi connectivity index (χ0) is 15.4. The van der Waals surface area contributed by atoms with Crippen LogP contribution < -0.4 is 11.5 Å². The molecular formula is C13H16ClN5OS. The highest BCUT2D eigenvalue weighted by atomic mass is 35.5. The Bertz CT molecular complexity index is 658. The zero-order valence-electron chi connectivity index (χ0n) is 11.5. The number of rotatable bonds is 6. The number of benzene rings is 1. The number of aryl methyl sites for hydroxylation is 1. The molecule has 2 aromatic rings.